The summed E-state index contributed by atoms with van der Waals surface area (Å²) in [6, 6.07) is 9.90. The number of pyridine rings is 1. The first-order valence-corrected chi connectivity index (χ1v) is 22.4. The molecule has 0 radical (unpaired) electrons. The number of aromatic nitrogens is 4. The third kappa shape index (κ3) is 7.54. The number of halogens is 1. The van der Waals surface area contributed by atoms with Crippen LogP contribution in [0, 0.1) is 5.92 Å². The molecule has 0 unspecified atom stereocenters. The Morgan fingerprint density at radius 2 is 1.67 bits per heavy atom. The summed E-state index contributed by atoms with van der Waals surface area (Å²) in [7, 11) is -0.790. The highest BCUT2D eigenvalue weighted by molar-refractivity contribution is 6.76. The molecule has 2 atom stereocenters. The number of methoxy groups -OCH3 is 1. The minimum atomic E-state index is -1.25. The van der Waals surface area contributed by atoms with Crippen LogP contribution in [0.2, 0.25) is 51.4 Å². The molecule has 12 heteroatoms. The van der Waals surface area contributed by atoms with Gasteiger partial charge < -0.3 is 24.1 Å². The number of carbonyl (C=O) groups excluding carboxylic acids is 1. The molecule has 1 fully saturated rings. The van der Waals surface area contributed by atoms with Gasteiger partial charge in [-0.15, -0.1) is 0 Å². The molecular formula is C31H44FN5O4Si2. The number of fused-ring (bicyclic) bond motifs is 2. The molecule has 1 N–H and O–H groups in total. The fourth-order valence-corrected chi connectivity index (χ4v) is 6.45. The maximum atomic E-state index is 13.5. The van der Waals surface area contributed by atoms with Crippen molar-refractivity contribution in [3.63, 3.8) is 0 Å². The second-order valence-electron chi connectivity index (χ2n) is 13.9. The van der Waals surface area contributed by atoms with Crippen molar-refractivity contribution in [3.8, 4) is 16.9 Å². The van der Waals surface area contributed by atoms with E-state index in [0.29, 0.717) is 43.9 Å². The molecule has 0 aliphatic heterocycles. The van der Waals surface area contributed by atoms with Crippen LogP contribution in [0.1, 0.15) is 6.42 Å². The molecule has 0 spiro atoms. The first kappa shape index (κ1) is 31.4. The third-order valence-electron chi connectivity index (χ3n) is 7.71. The lowest BCUT2D eigenvalue weighted by Gasteiger charge is -2.16. The second-order valence-corrected chi connectivity index (χ2v) is 25.1. The van der Waals surface area contributed by atoms with Gasteiger partial charge in [0.15, 0.2) is 5.75 Å². The van der Waals surface area contributed by atoms with Crippen LogP contribution in [0.5, 0.6) is 5.75 Å². The molecule has 1 aliphatic rings. The number of rotatable bonds is 14. The second kappa shape index (κ2) is 12.5. The zero-order chi connectivity index (χ0) is 30.9. The number of nitrogens with zero attached hydrogens (tertiary/aromatic N) is 4. The van der Waals surface area contributed by atoms with Crippen LogP contribution in [-0.2, 0) is 27.7 Å². The van der Waals surface area contributed by atoms with E-state index in [1.807, 2.05) is 39.8 Å². The molecule has 0 bridgehead atoms. The van der Waals surface area contributed by atoms with Crippen LogP contribution in [0.3, 0.4) is 0 Å². The van der Waals surface area contributed by atoms with Gasteiger partial charge in [-0.05, 0) is 36.7 Å². The van der Waals surface area contributed by atoms with Gasteiger partial charge in [-0.1, -0.05) is 45.3 Å². The molecule has 3 aromatic heterocycles. The molecule has 0 saturated heterocycles. The molecule has 1 amide bonds. The van der Waals surface area contributed by atoms with Crippen LogP contribution >= 0.6 is 0 Å². The average molecular weight is 626 g/mol. The van der Waals surface area contributed by atoms with Gasteiger partial charge in [-0.2, -0.15) is 5.10 Å². The maximum Gasteiger partial charge on any atom is 0.231 e. The molecule has 5 rings (SSSR count). The Balaban J connectivity index is 1.49. The molecule has 43 heavy (non-hydrogen) atoms. The van der Waals surface area contributed by atoms with Crippen LogP contribution in [0.4, 0.5) is 10.2 Å². The van der Waals surface area contributed by atoms with Gasteiger partial charge in [0.25, 0.3) is 0 Å². The van der Waals surface area contributed by atoms with Gasteiger partial charge in [0.2, 0.25) is 5.91 Å². The van der Waals surface area contributed by atoms with E-state index in [9.17, 15) is 9.18 Å². The summed E-state index contributed by atoms with van der Waals surface area (Å²) in [6.07, 6.45) is 3.05. The van der Waals surface area contributed by atoms with Gasteiger partial charge >= 0.3 is 0 Å². The number of hydrogen-bond acceptors (Lipinski definition) is 6. The topological polar surface area (TPSA) is 92.4 Å². The fourth-order valence-electron chi connectivity index (χ4n) is 4.93. The van der Waals surface area contributed by atoms with Crippen molar-refractivity contribution in [3.05, 3.63) is 36.7 Å². The van der Waals surface area contributed by atoms with E-state index in [1.165, 1.54) is 0 Å². The number of alkyl halides is 1. The first-order valence-electron chi connectivity index (χ1n) is 15.0. The predicted octanol–water partition coefficient (Wildman–Crippen LogP) is 6.98. The maximum absolute atomic E-state index is 13.5. The summed E-state index contributed by atoms with van der Waals surface area (Å²) < 4.78 is 35.5. The summed E-state index contributed by atoms with van der Waals surface area (Å²) in [5, 5.41) is 9.23. The summed E-state index contributed by atoms with van der Waals surface area (Å²) in [5.74, 6) is 0.157. The van der Waals surface area contributed by atoms with Gasteiger partial charge in [0, 0.05) is 57.5 Å². The largest absolute Gasteiger partial charge is 0.494 e. The Labute approximate surface area is 254 Å². The normalized spacial score (nSPS) is 17.1. The number of anilines is 1. The van der Waals surface area contributed by atoms with Crippen molar-refractivity contribution in [2.45, 2.75) is 77.4 Å². The monoisotopic (exact) mass is 625 g/mol. The Bertz CT molecular complexity index is 1610. The highest BCUT2D eigenvalue weighted by Gasteiger charge is 2.43. The third-order valence-corrected chi connectivity index (χ3v) is 11.1. The number of hydrogen-bond donors (Lipinski definition) is 1. The van der Waals surface area contributed by atoms with Crippen molar-refractivity contribution in [2.75, 3.05) is 25.6 Å². The van der Waals surface area contributed by atoms with E-state index in [0.717, 1.165) is 39.5 Å². The summed E-state index contributed by atoms with van der Waals surface area (Å²) in [6.45, 7) is 16.0. The standard InChI is InChI=1S/C31H44FN5O4Si2/c1-39-29-22(9-8-21-17-33-37(28(21)29)20-41-13-15-43(5,6)7)25-18-36(19-40-12-14-42(2,3)4)30-23(25)10-11-27(34-30)35-31(38)24-16-26(24)32/h8-11,17-18,24,26H,12-16,19-20H2,1-7H3,(H,34,35,38)/t24-,26+/m1/s1. The molecule has 3 heterocycles. The fraction of sp³-hybridized carbons (Fsp3) is 0.516. The number of benzene rings is 1. The molecular weight excluding hydrogens is 582 g/mol. The Hall–Kier alpha value is -3.07. The molecule has 1 aliphatic carbocycles. The smallest absolute Gasteiger partial charge is 0.231 e. The van der Waals surface area contributed by atoms with Crippen LogP contribution < -0.4 is 10.1 Å². The van der Waals surface area contributed by atoms with Gasteiger partial charge in [0.05, 0.1) is 19.2 Å². The van der Waals surface area contributed by atoms with E-state index in [-0.39, 0.29) is 12.3 Å². The number of carbonyl (C=O) groups is 1. The molecule has 1 aromatic carbocycles. The highest BCUT2D eigenvalue weighted by Crippen LogP contribution is 2.41. The zero-order valence-corrected chi connectivity index (χ0v) is 28.4. The van der Waals surface area contributed by atoms with Crippen molar-refractivity contribution in [2.24, 2.45) is 5.92 Å². The van der Waals surface area contributed by atoms with E-state index >= 15 is 0 Å². The first-order chi connectivity index (χ1) is 20.3. The minimum Gasteiger partial charge on any atom is -0.494 e. The van der Waals surface area contributed by atoms with Crippen molar-refractivity contribution >= 4 is 49.8 Å². The van der Waals surface area contributed by atoms with Crippen LogP contribution in [0.15, 0.2) is 36.7 Å². The van der Waals surface area contributed by atoms with E-state index in [2.05, 4.69) is 49.7 Å². The lowest BCUT2D eigenvalue weighted by Crippen LogP contribution is -2.22. The summed E-state index contributed by atoms with van der Waals surface area (Å²) in [5.41, 5.74) is 3.34. The minimum absolute atomic E-state index is 0.266. The Morgan fingerprint density at radius 3 is 2.30 bits per heavy atom. The highest BCUT2D eigenvalue weighted by atomic mass is 28.3. The quantitative estimate of drug-likeness (QED) is 0.120. The lowest BCUT2D eigenvalue weighted by molar-refractivity contribution is -0.117. The number of nitrogens with one attached hydrogen (secondary N) is 1. The zero-order valence-electron chi connectivity index (χ0n) is 26.4. The van der Waals surface area contributed by atoms with Crippen LogP contribution in [-0.4, -0.2) is 67.9 Å². The van der Waals surface area contributed by atoms with Crippen LogP contribution in [0.25, 0.3) is 33.1 Å². The lowest BCUT2D eigenvalue weighted by atomic mass is 10.0. The van der Waals surface area contributed by atoms with E-state index in [4.69, 9.17) is 19.2 Å². The van der Waals surface area contributed by atoms with Crippen molar-refractivity contribution in [1.29, 1.82) is 0 Å². The average Bonchev–Trinajstić information content (AvgIpc) is 3.37. The molecule has 9 nitrogen and oxygen atoms in total. The summed E-state index contributed by atoms with van der Waals surface area (Å²) in [4.78, 5) is 17.2. The van der Waals surface area contributed by atoms with Gasteiger partial charge in [-0.3, -0.25) is 4.79 Å². The van der Waals surface area contributed by atoms with Gasteiger partial charge in [-0.25, -0.2) is 14.1 Å². The molecule has 232 valence electrons. The Morgan fingerprint density at radius 1 is 1.00 bits per heavy atom. The number of ether oxygens (including phenoxy) is 3. The van der Waals surface area contributed by atoms with Gasteiger partial charge in [0.1, 0.15) is 36.6 Å². The van der Waals surface area contributed by atoms with E-state index < -0.39 is 28.2 Å². The SMILES string of the molecule is COc1c(-c2cn(COCC[Si](C)(C)C)c3nc(NC(=O)[C@@H]4C[C@@H]4F)ccc23)ccc2cnn(COCC[Si](C)(C)C)c12. The van der Waals surface area contributed by atoms with E-state index in [1.54, 1.807) is 13.2 Å². The van der Waals surface area contributed by atoms with Crippen molar-refractivity contribution in [1.82, 2.24) is 19.3 Å². The molecule has 1 saturated carbocycles. The van der Waals surface area contributed by atoms with Crippen molar-refractivity contribution < 1.29 is 23.4 Å². The number of amides is 1. The molecule has 4 aromatic rings. The summed E-state index contributed by atoms with van der Waals surface area (Å²) >= 11 is 0. The Kier molecular flexibility index (Phi) is 9.12. The predicted molar refractivity (Wildman–Crippen MR) is 175 cm³/mol.